The van der Waals surface area contributed by atoms with Crippen LogP contribution in [-0.2, 0) is 20.8 Å². The van der Waals surface area contributed by atoms with Crippen molar-refractivity contribution >= 4 is 51.6 Å². The largest absolute Gasteiger partial charge is 0.370 e. The number of aliphatic imine (C=N–C) groups is 1. The monoisotopic (exact) mass is 589 g/mol. The zero-order chi connectivity index (χ0) is 29.6. The van der Waals surface area contributed by atoms with E-state index in [1.165, 1.54) is 11.3 Å². The Morgan fingerprint density at radius 1 is 1.12 bits per heavy atom. The molecule has 5 rings (SSSR count). The third kappa shape index (κ3) is 6.76. The maximum Gasteiger partial charge on any atom is 0.243 e. The lowest BCUT2D eigenvalue weighted by Gasteiger charge is -2.39. The van der Waals surface area contributed by atoms with Gasteiger partial charge in [-0.25, -0.2) is 4.98 Å². The highest BCUT2D eigenvalue weighted by Crippen LogP contribution is 2.29. The smallest absolute Gasteiger partial charge is 0.243 e. The number of carbonyl (C=O) groups is 4. The number of Topliss-reactive ketones (excluding diaryl/α,β-unsaturated/α-hetero) is 1. The molecule has 220 valence electrons. The summed E-state index contributed by atoms with van der Waals surface area (Å²) in [6.45, 7) is 0.656. The van der Waals surface area contributed by atoms with Crippen LogP contribution in [0.25, 0.3) is 10.8 Å². The van der Waals surface area contributed by atoms with Gasteiger partial charge in [0.2, 0.25) is 23.5 Å². The molecule has 3 amide bonds. The second-order valence-electron chi connectivity index (χ2n) is 10.7. The van der Waals surface area contributed by atoms with Crippen LogP contribution in [0.2, 0.25) is 0 Å². The van der Waals surface area contributed by atoms with Gasteiger partial charge < -0.3 is 26.6 Å². The summed E-state index contributed by atoms with van der Waals surface area (Å²) in [5, 5.41) is 7.16. The van der Waals surface area contributed by atoms with Crippen molar-refractivity contribution < 1.29 is 19.2 Å². The zero-order valence-electron chi connectivity index (χ0n) is 23.3. The number of hydrogen-bond donors (Lipinski definition) is 3. The van der Waals surface area contributed by atoms with E-state index in [9.17, 15) is 19.2 Å². The molecule has 0 bridgehead atoms. The van der Waals surface area contributed by atoms with Crippen LogP contribution in [0.4, 0.5) is 0 Å². The molecular formula is C30H35N7O4S. The first-order valence-electron chi connectivity index (χ1n) is 14.2. The fourth-order valence-electron chi connectivity index (χ4n) is 5.79. The minimum absolute atomic E-state index is 0.0383. The summed E-state index contributed by atoms with van der Waals surface area (Å²) < 4.78 is 0. The van der Waals surface area contributed by atoms with Crippen molar-refractivity contribution in [3.05, 3.63) is 64.6 Å². The van der Waals surface area contributed by atoms with Gasteiger partial charge in [-0.15, -0.1) is 11.3 Å². The van der Waals surface area contributed by atoms with Crippen LogP contribution in [0, 0.1) is 0 Å². The van der Waals surface area contributed by atoms with E-state index in [-0.39, 0.29) is 42.1 Å². The van der Waals surface area contributed by atoms with E-state index in [2.05, 4.69) is 39.6 Å². The first-order valence-corrected chi connectivity index (χ1v) is 15.0. The van der Waals surface area contributed by atoms with Gasteiger partial charge >= 0.3 is 0 Å². The van der Waals surface area contributed by atoms with Crippen LogP contribution in [0.15, 0.2) is 59.0 Å². The van der Waals surface area contributed by atoms with Gasteiger partial charge in [0.1, 0.15) is 6.04 Å². The molecule has 0 saturated carbocycles. The first-order chi connectivity index (χ1) is 20.3. The summed E-state index contributed by atoms with van der Waals surface area (Å²) in [6.07, 6.45) is 4.31. The molecule has 3 heterocycles. The van der Waals surface area contributed by atoms with Crippen molar-refractivity contribution in [2.75, 3.05) is 19.6 Å². The molecule has 0 aliphatic carbocycles. The highest BCUT2D eigenvalue weighted by Gasteiger charge is 2.46. The molecule has 3 atom stereocenters. The van der Waals surface area contributed by atoms with Gasteiger partial charge in [-0.3, -0.25) is 24.2 Å². The van der Waals surface area contributed by atoms with E-state index < -0.39 is 12.1 Å². The average molecular weight is 590 g/mol. The molecule has 12 heteroatoms. The van der Waals surface area contributed by atoms with Crippen LogP contribution in [0.3, 0.4) is 0 Å². The maximum atomic E-state index is 13.4. The second kappa shape index (κ2) is 13.1. The molecule has 0 spiro atoms. The number of hydrogen-bond acceptors (Lipinski definition) is 7. The lowest BCUT2D eigenvalue weighted by molar-refractivity contribution is -0.151. The SMILES string of the molecule is NC(N)=NCCCC(NC(=O)[C@@H]1CC[C@H]2CN(C(=O)CCc3ccc4ccccc4c3)CC(=O)N21)C(=O)c1nccs1. The quantitative estimate of drug-likeness (QED) is 0.133. The summed E-state index contributed by atoms with van der Waals surface area (Å²) in [5.41, 5.74) is 11.9. The van der Waals surface area contributed by atoms with Crippen molar-refractivity contribution in [3.63, 3.8) is 0 Å². The molecule has 0 radical (unpaired) electrons. The fraction of sp³-hybridized carbons (Fsp3) is 0.400. The van der Waals surface area contributed by atoms with Gasteiger partial charge in [0.05, 0.1) is 18.6 Å². The Bertz CT molecular complexity index is 1490. The standard InChI is InChI=1S/C30H35N7O4S/c31-30(32)34-13-3-6-23(27(40)29-33-14-15-42-29)35-28(41)24-11-10-22-17-36(18-26(39)37(22)24)25(38)12-8-19-7-9-20-4-1-2-5-21(20)16-19/h1-2,4-5,7,9,14-16,22-24H,3,6,8,10-13,17-18H2,(H,35,41)(H4,31,32,34)/t22-,23?,24-/m0/s1. The van der Waals surface area contributed by atoms with E-state index in [0.29, 0.717) is 56.6 Å². The van der Waals surface area contributed by atoms with Crippen LogP contribution in [0.5, 0.6) is 0 Å². The van der Waals surface area contributed by atoms with Gasteiger partial charge in [0.25, 0.3) is 0 Å². The number of nitrogens with two attached hydrogens (primary N) is 2. The number of piperazine rings is 1. The zero-order valence-corrected chi connectivity index (χ0v) is 24.1. The number of guanidine groups is 1. The average Bonchev–Trinajstić information content (AvgIpc) is 3.68. The molecule has 1 unspecified atom stereocenters. The van der Waals surface area contributed by atoms with E-state index in [0.717, 1.165) is 16.3 Å². The number of fused-ring (bicyclic) bond motifs is 2. The van der Waals surface area contributed by atoms with Crippen molar-refractivity contribution in [3.8, 4) is 0 Å². The molecule has 2 saturated heterocycles. The van der Waals surface area contributed by atoms with Crippen molar-refractivity contribution in [2.45, 2.75) is 56.7 Å². The first kappa shape index (κ1) is 29.2. The number of amides is 3. The fourth-order valence-corrected chi connectivity index (χ4v) is 6.42. The predicted octanol–water partition coefficient (Wildman–Crippen LogP) is 1.85. The Morgan fingerprint density at radius 3 is 2.69 bits per heavy atom. The maximum absolute atomic E-state index is 13.4. The number of nitrogens with one attached hydrogen (secondary N) is 1. The Morgan fingerprint density at radius 2 is 1.93 bits per heavy atom. The molecule has 42 heavy (non-hydrogen) atoms. The number of aryl methyl sites for hydroxylation is 1. The number of benzene rings is 2. The Balaban J connectivity index is 1.18. The van der Waals surface area contributed by atoms with Crippen molar-refractivity contribution in [2.24, 2.45) is 16.5 Å². The predicted molar refractivity (Wildman–Crippen MR) is 161 cm³/mol. The number of rotatable bonds is 11. The normalized spacial score (nSPS) is 18.9. The summed E-state index contributed by atoms with van der Waals surface area (Å²) in [7, 11) is 0. The molecule has 1 aromatic heterocycles. The summed E-state index contributed by atoms with van der Waals surface area (Å²) in [5.74, 6) is -1.02. The Hall–Kier alpha value is -4.32. The molecule has 5 N–H and O–H groups in total. The number of aromatic nitrogens is 1. The molecule has 11 nitrogen and oxygen atoms in total. The Kier molecular flexibility index (Phi) is 9.11. The lowest BCUT2D eigenvalue weighted by Crippen LogP contribution is -2.60. The van der Waals surface area contributed by atoms with Gasteiger partial charge in [-0.2, -0.15) is 0 Å². The van der Waals surface area contributed by atoms with Gasteiger partial charge in [-0.1, -0.05) is 42.5 Å². The summed E-state index contributed by atoms with van der Waals surface area (Å²) >= 11 is 1.21. The van der Waals surface area contributed by atoms with E-state index in [4.69, 9.17) is 11.5 Å². The molecule has 3 aromatic rings. The van der Waals surface area contributed by atoms with Crippen LogP contribution >= 0.6 is 11.3 Å². The molecular weight excluding hydrogens is 554 g/mol. The van der Waals surface area contributed by atoms with Crippen LogP contribution in [0.1, 0.15) is 47.5 Å². The molecule has 2 aromatic carbocycles. The number of thiazole rings is 1. The van der Waals surface area contributed by atoms with Crippen LogP contribution in [-0.4, -0.2) is 82.0 Å². The number of ketones is 1. The highest BCUT2D eigenvalue weighted by molar-refractivity contribution is 7.11. The lowest BCUT2D eigenvalue weighted by atomic mass is 10.0. The van der Waals surface area contributed by atoms with Gasteiger partial charge in [0.15, 0.2) is 11.0 Å². The number of nitrogens with zero attached hydrogens (tertiary/aromatic N) is 4. The van der Waals surface area contributed by atoms with Gasteiger partial charge in [-0.05, 0) is 48.4 Å². The minimum atomic E-state index is -0.815. The van der Waals surface area contributed by atoms with E-state index in [1.54, 1.807) is 21.4 Å². The molecule has 2 fully saturated rings. The Labute approximate surface area is 248 Å². The molecule has 2 aliphatic rings. The minimum Gasteiger partial charge on any atom is -0.370 e. The third-order valence-corrected chi connectivity index (χ3v) is 8.65. The third-order valence-electron chi connectivity index (χ3n) is 7.87. The van der Waals surface area contributed by atoms with E-state index >= 15 is 0 Å². The van der Waals surface area contributed by atoms with Crippen LogP contribution < -0.4 is 16.8 Å². The highest BCUT2D eigenvalue weighted by atomic mass is 32.1. The van der Waals surface area contributed by atoms with Crippen molar-refractivity contribution in [1.29, 1.82) is 0 Å². The van der Waals surface area contributed by atoms with Gasteiger partial charge in [0, 0.05) is 31.1 Å². The molecule has 2 aliphatic heterocycles. The second-order valence-corrected chi connectivity index (χ2v) is 11.6. The topological polar surface area (TPSA) is 164 Å². The van der Waals surface area contributed by atoms with E-state index in [1.807, 2.05) is 18.2 Å². The summed E-state index contributed by atoms with van der Waals surface area (Å²) in [6, 6.07) is 12.5. The number of carbonyl (C=O) groups excluding carboxylic acids is 4. The van der Waals surface area contributed by atoms with Crippen molar-refractivity contribution in [1.82, 2.24) is 20.1 Å². The summed E-state index contributed by atoms with van der Waals surface area (Å²) in [4.78, 5) is 64.1.